The van der Waals surface area contributed by atoms with Crippen LogP contribution in [0.25, 0.3) is 0 Å². The lowest BCUT2D eigenvalue weighted by molar-refractivity contribution is -0.304. The Morgan fingerprint density at radius 3 is 1.71 bits per heavy atom. The van der Waals surface area contributed by atoms with Crippen molar-refractivity contribution < 1.29 is 28.4 Å². The minimum Gasteiger partial charge on any atom is -0.379 e. The Labute approximate surface area is 169 Å². The van der Waals surface area contributed by atoms with Crippen LogP contribution in [-0.2, 0) is 28.4 Å². The van der Waals surface area contributed by atoms with Gasteiger partial charge in [-0.2, -0.15) is 0 Å². The number of hydrogen-bond acceptors (Lipinski definition) is 8. The molecule has 1 unspecified atom stereocenters. The van der Waals surface area contributed by atoms with E-state index in [2.05, 4.69) is 6.92 Å². The highest BCUT2D eigenvalue weighted by Crippen LogP contribution is 2.31. The van der Waals surface area contributed by atoms with E-state index in [0.717, 1.165) is 45.5 Å². The molecule has 1 atom stereocenters. The van der Waals surface area contributed by atoms with Crippen LogP contribution in [0.5, 0.6) is 0 Å². The molecule has 3 fully saturated rings. The lowest BCUT2D eigenvalue weighted by Gasteiger charge is -2.43. The van der Waals surface area contributed by atoms with Gasteiger partial charge >= 0.3 is 0 Å². The van der Waals surface area contributed by atoms with E-state index in [4.69, 9.17) is 39.9 Å². The summed E-state index contributed by atoms with van der Waals surface area (Å²) in [6.45, 7) is 8.64. The molecule has 4 N–H and O–H groups in total. The monoisotopic (exact) mass is 404 g/mol. The summed E-state index contributed by atoms with van der Waals surface area (Å²) in [4.78, 5) is 0. The Hall–Kier alpha value is -0.320. The molecule has 0 aromatic carbocycles. The highest BCUT2D eigenvalue weighted by Gasteiger charge is 2.41. The normalized spacial score (nSPS) is 32.0. The van der Waals surface area contributed by atoms with Gasteiger partial charge in [0.25, 0.3) is 0 Å². The zero-order valence-electron chi connectivity index (χ0n) is 17.4. The molecule has 8 nitrogen and oxygen atoms in total. The summed E-state index contributed by atoms with van der Waals surface area (Å²) in [6.07, 6.45) is 6.13. The third-order valence-electron chi connectivity index (χ3n) is 4.94. The lowest BCUT2D eigenvalue weighted by atomic mass is 9.90. The highest BCUT2D eigenvalue weighted by molar-refractivity contribution is 4.84. The molecular formula is C20H40N2O6. The number of ether oxygens (including phenoxy) is 6. The van der Waals surface area contributed by atoms with Crippen LogP contribution in [0.15, 0.2) is 0 Å². The molecule has 3 rings (SSSR count). The van der Waals surface area contributed by atoms with Gasteiger partial charge in [-0.15, -0.1) is 0 Å². The number of hydrogen-bond donors (Lipinski definition) is 2. The summed E-state index contributed by atoms with van der Waals surface area (Å²) in [7, 11) is 0. The molecule has 0 amide bonds. The zero-order valence-corrected chi connectivity index (χ0v) is 17.4. The Bertz CT molecular complexity index is 351. The van der Waals surface area contributed by atoms with Crippen LogP contribution in [0.1, 0.15) is 45.4 Å². The van der Waals surface area contributed by atoms with E-state index in [9.17, 15) is 0 Å². The molecule has 1 spiro atoms. The van der Waals surface area contributed by atoms with Crippen LogP contribution in [0.4, 0.5) is 0 Å². The SMILES string of the molecule is CCCCOCC1CO1.NCCCC1OCC2(CO1)COC(CCCN)OC2. The van der Waals surface area contributed by atoms with Crippen LogP contribution in [0.3, 0.4) is 0 Å². The second kappa shape index (κ2) is 13.8. The maximum atomic E-state index is 5.73. The predicted molar refractivity (Wildman–Crippen MR) is 106 cm³/mol. The van der Waals surface area contributed by atoms with Crippen molar-refractivity contribution in [1.82, 2.24) is 0 Å². The number of rotatable bonds is 11. The van der Waals surface area contributed by atoms with Crippen molar-refractivity contribution in [3.8, 4) is 0 Å². The smallest absolute Gasteiger partial charge is 0.157 e. The second-order valence-corrected chi connectivity index (χ2v) is 7.85. The first kappa shape index (κ1) is 24.0. The first-order chi connectivity index (χ1) is 13.7. The van der Waals surface area contributed by atoms with Crippen molar-refractivity contribution in [2.45, 2.75) is 64.1 Å². The van der Waals surface area contributed by atoms with Gasteiger partial charge in [0, 0.05) is 6.61 Å². The Morgan fingerprint density at radius 2 is 1.32 bits per heavy atom. The fourth-order valence-electron chi connectivity index (χ4n) is 2.95. The summed E-state index contributed by atoms with van der Waals surface area (Å²) in [5.74, 6) is 0. The minimum absolute atomic E-state index is 0.121. The molecule has 8 heteroatoms. The van der Waals surface area contributed by atoms with Gasteiger partial charge in [-0.3, -0.25) is 0 Å². The van der Waals surface area contributed by atoms with Gasteiger partial charge in [-0.25, -0.2) is 0 Å². The van der Waals surface area contributed by atoms with Gasteiger partial charge in [-0.05, 0) is 45.2 Å². The van der Waals surface area contributed by atoms with Gasteiger partial charge < -0.3 is 39.9 Å². The van der Waals surface area contributed by atoms with Gasteiger partial charge in [0.1, 0.15) is 6.10 Å². The van der Waals surface area contributed by atoms with Crippen LogP contribution in [0, 0.1) is 5.41 Å². The molecule has 0 saturated carbocycles. The molecule has 166 valence electrons. The Morgan fingerprint density at radius 1 is 0.821 bits per heavy atom. The molecule has 28 heavy (non-hydrogen) atoms. The van der Waals surface area contributed by atoms with E-state index >= 15 is 0 Å². The van der Waals surface area contributed by atoms with Crippen molar-refractivity contribution in [1.29, 1.82) is 0 Å². The lowest BCUT2D eigenvalue weighted by Crippen LogP contribution is -2.52. The summed E-state index contributed by atoms with van der Waals surface area (Å²) in [5, 5.41) is 0. The second-order valence-electron chi connectivity index (χ2n) is 7.85. The number of epoxide rings is 1. The van der Waals surface area contributed by atoms with Crippen LogP contribution in [0.2, 0.25) is 0 Å². The van der Waals surface area contributed by atoms with Crippen molar-refractivity contribution in [3.05, 3.63) is 0 Å². The molecule has 0 aromatic heterocycles. The first-order valence-corrected chi connectivity index (χ1v) is 10.8. The summed E-state index contributed by atoms with van der Waals surface area (Å²) >= 11 is 0. The van der Waals surface area contributed by atoms with E-state index in [1.807, 2.05) is 0 Å². The van der Waals surface area contributed by atoms with E-state index in [-0.39, 0.29) is 18.0 Å². The molecule has 0 radical (unpaired) electrons. The number of nitrogens with two attached hydrogens (primary N) is 2. The van der Waals surface area contributed by atoms with Crippen LogP contribution in [-0.4, -0.2) is 78.0 Å². The quantitative estimate of drug-likeness (QED) is 0.393. The summed E-state index contributed by atoms with van der Waals surface area (Å²) in [5.41, 5.74) is 10.8. The van der Waals surface area contributed by atoms with Crippen molar-refractivity contribution >= 4 is 0 Å². The van der Waals surface area contributed by atoms with Crippen molar-refractivity contribution in [2.24, 2.45) is 16.9 Å². The molecule has 0 aromatic rings. The maximum Gasteiger partial charge on any atom is 0.157 e. The molecule has 3 saturated heterocycles. The van der Waals surface area contributed by atoms with Crippen molar-refractivity contribution in [3.63, 3.8) is 0 Å². The third kappa shape index (κ3) is 9.45. The predicted octanol–water partition coefficient (Wildman–Crippen LogP) is 1.40. The maximum absolute atomic E-state index is 5.73. The summed E-state index contributed by atoms with van der Waals surface area (Å²) < 4.78 is 33.2. The van der Waals surface area contributed by atoms with E-state index in [0.29, 0.717) is 45.6 Å². The summed E-state index contributed by atoms with van der Waals surface area (Å²) in [6, 6.07) is 0. The van der Waals surface area contributed by atoms with Gasteiger partial charge in [0.05, 0.1) is 45.1 Å². The number of unbranched alkanes of at least 4 members (excludes halogenated alkanes) is 1. The van der Waals surface area contributed by atoms with Gasteiger partial charge in [0.15, 0.2) is 12.6 Å². The largest absolute Gasteiger partial charge is 0.379 e. The van der Waals surface area contributed by atoms with Crippen molar-refractivity contribution in [2.75, 3.05) is 59.3 Å². The fourth-order valence-corrected chi connectivity index (χ4v) is 2.95. The molecule has 3 heterocycles. The van der Waals surface area contributed by atoms with Crippen LogP contribution >= 0.6 is 0 Å². The average molecular weight is 405 g/mol. The highest BCUT2D eigenvalue weighted by atomic mass is 16.7. The Kier molecular flexibility index (Phi) is 11.8. The van der Waals surface area contributed by atoms with E-state index in [1.165, 1.54) is 12.8 Å². The third-order valence-corrected chi connectivity index (χ3v) is 4.94. The molecule has 3 aliphatic rings. The average Bonchev–Trinajstić information content (AvgIpc) is 3.56. The fraction of sp³-hybridized carbons (Fsp3) is 1.00. The van der Waals surface area contributed by atoms with Crippen LogP contribution < -0.4 is 11.5 Å². The molecule has 0 bridgehead atoms. The molecular weight excluding hydrogens is 364 g/mol. The molecule has 0 aliphatic carbocycles. The zero-order chi connectivity index (χ0) is 20.1. The first-order valence-electron chi connectivity index (χ1n) is 10.8. The van der Waals surface area contributed by atoms with Gasteiger partial charge in [-0.1, -0.05) is 13.3 Å². The van der Waals surface area contributed by atoms with Gasteiger partial charge in [0.2, 0.25) is 0 Å². The van der Waals surface area contributed by atoms with E-state index in [1.54, 1.807) is 0 Å². The van der Waals surface area contributed by atoms with E-state index < -0.39 is 0 Å². The molecule has 3 aliphatic heterocycles. The topological polar surface area (TPSA) is 111 Å². The Balaban J connectivity index is 0.000000261. The standard InChI is InChI=1S/C13H26N2O4.C7H14O2/c14-5-1-3-11-16-7-13(8-17-11)9-18-12(19-10-13)4-2-6-15;1-2-3-4-8-5-7-6-9-7/h11-12H,1-10,14-15H2;7H,2-6H2,1H3. The minimum atomic E-state index is -0.140.